The number of aromatic nitrogens is 1. The number of halogens is 2. The van der Waals surface area contributed by atoms with Crippen LogP contribution in [0.25, 0.3) is 0 Å². The van der Waals surface area contributed by atoms with E-state index in [0.29, 0.717) is 13.2 Å². The maximum absolute atomic E-state index is 12.4. The lowest BCUT2D eigenvalue weighted by Gasteiger charge is -2.37. The standard InChI is InChI=1S/C8H9FN2O.ClH/c9-7-2-1-6(3-11-7)8(10)4-12-5-8;/h1-3H,4-5,10H2;1H. The van der Waals surface area contributed by atoms with Crippen LogP contribution in [0.3, 0.4) is 0 Å². The van der Waals surface area contributed by atoms with Gasteiger partial charge in [-0.25, -0.2) is 4.98 Å². The summed E-state index contributed by atoms with van der Waals surface area (Å²) < 4.78 is 17.4. The number of nitrogens with two attached hydrogens (primary N) is 1. The van der Waals surface area contributed by atoms with Crippen LogP contribution in [0.2, 0.25) is 0 Å². The van der Waals surface area contributed by atoms with Crippen LogP contribution in [-0.2, 0) is 10.3 Å². The highest BCUT2D eigenvalue weighted by molar-refractivity contribution is 5.85. The zero-order chi connectivity index (χ0) is 8.60. The lowest BCUT2D eigenvalue weighted by Crippen LogP contribution is -2.54. The molecule has 2 heterocycles. The van der Waals surface area contributed by atoms with Crippen LogP contribution < -0.4 is 5.73 Å². The molecule has 0 spiro atoms. The average Bonchev–Trinajstić information content (AvgIpc) is 2.02. The first-order valence-electron chi connectivity index (χ1n) is 3.69. The fraction of sp³-hybridized carbons (Fsp3) is 0.375. The highest BCUT2D eigenvalue weighted by Gasteiger charge is 2.36. The third kappa shape index (κ3) is 1.80. The lowest BCUT2D eigenvalue weighted by atomic mass is 9.91. The maximum atomic E-state index is 12.4. The van der Waals surface area contributed by atoms with Crippen molar-refractivity contribution in [3.8, 4) is 0 Å². The van der Waals surface area contributed by atoms with Crippen LogP contribution in [0.5, 0.6) is 0 Å². The quantitative estimate of drug-likeness (QED) is 0.690. The maximum Gasteiger partial charge on any atom is 0.212 e. The minimum absolute atomic E-state index is 0. The molecule has 1 saturated heterocycles. The molecular formula is C8H10ClFN2O. The van der Waals surface area contributed by atoms with Gasteiger partial charge in [0.1, 0.15) is 0 Å². The second-order valence-corrected chi connectivity index (χ2v) is 3.02. The van der Waals surface area contributed by atoms with Gasteiger partial charge in [-0.1, -0.05) is 6.07 Å². The molecule has 0 atom stereocenters. The van der Waals surface area contributed by atoms with E-state index < -0.39 is 11.5 Å². The number of hydrogen-bond donors (Lipinski definition) is 1. The van der Waals surface area contributed by atoms with Gasteiger partial charge in [0.15, 0.2) is 0 Å². The average molecular weight is 205 g/mol. The fourth-order valence-corrected chi connectivity index (χ4v) is 1.16. The molecule has 2 rings (SSSR count). The van der Waals surface area contributed by atoms with Crippen molar-refractivity contribution in [1.82, 2.24) is 4.98 Å². The van der Waals surface area contributed by atoms with Gasteiger partial charge in [-0.3, -0.25) is 0 Å². The second-order valence-electron chi connectivity index (χ2n) is 3.02. The molecule has 0 aromatic carbocycles. The van der Waals surface area contributed by atoms with Crippen molar-refractivity contribution >= 4 is 12.4 Å². The zero-order valence-corrected chi connectivity index (χ0v) is 7.68. The number of nitrogens with zero attached hydrogens (tertiary/aromatic N) is 1. The monoisotopic (exact) mass is 204 g/mol. The van der Waals surface area contributed by atoms with Crippen molar-refractivity contribution < 1.29 is 9.13 Å². The molecule has 1 fully saturated rings. The first-order valence-corrected chi connectivity index (χ1v) is 3.69. The highest BCUT2D eigenvalue weighted by Crippen LogP contribution is 2.25. The molecule has 1 aliphatic heterocycles. The van der Waals surface area contributed by atoms with Crippen molar-refractivity contribution in [3.05, 3.63) is 29.8 Å². The molecule has 5 heteroatoms. The van der Waals surface area contributed by atoms with E-state index in [2.05, 4.69) is 4.98 Å². The minimum Gasteiger partial charge on any atom is -0.377 e. The molecule has 0 amide bonds. The molecule has 13 heavy (non-hydrogen) atoms. The predicted octanol–water partition coefficient (Wildman–Crippen LogP) is 0.827. The summed E-state index contributed by atoms with van der Waals surface area (Å²) in [5.74, 6) is -0.484. The Balaban J connectivity index is 0.000000845. The first kappa shape index (κ1) is 10.4. The Kier molecular flexibility index (Phi) is 2.85. The third-order valence-corrected chi connectivity index (χ3v) is 2.02. The van der Waals surface area contributed by atoms with Gasteiger partial charge in [0.2, 0.25) is 5.95 Å². The number of hydrogen-bond acceptors (Lipinski definition) is 3. The van der Waals surface area contributed by atoms with Gasteiger partial charge in [-0.15, -0.1) is 12.4 Å². The zero-order valence-electron chi connectivity index (χ0n) is 6.87. The third-order valence-electron chi connectivity index (χ3n) is 2.02. The highest BCUT2D eigenvalue weighted by atomic mass is 35.5. The molecule has 0 unspecified atom stereocenters. The van der Waals surface area contributed by atoms with Gasteiger partial charge in [0.05, 0.1) is 18.8 Å². The molecule has 0 bridgehead atoms. The summed E-state index contributed by atoms with van der Waals surface area (Å²) in [6.07, 6.45) is 1.46. The van der Waals surface area contributed by atoms with Gasteiger partial charge in [-0.05, 0) is 11.6 Å². The molecule has 3 nitrogen and oxygen atoms in total. The summed E-state index contributed by atoms with van der Waals surface area (Å²) >= 11 is 0. The molecule has 0 radical (unpaired) electrons. The lowest BCUT2D eigenvalue weighted by molar-refractivity contribution is -0.0571. The largest absolute Gasteiger partial charge is 0.377 e. The van der Waals surface area contributed by atoms with Crippen molar-refractivity contribution in [2.45, 2.75) is 5.54 Å². The van der Waals surface area contributed by atoms with E-state index in [9.17, 15) is 4.39 Å². The van der Waals surface area contributed by atoms with E-state index in [4.69, 9.17) is 10.5 Å². The molecule has 0 saturated carbocycles. The Morgan fingerprint density at radius 3 is 2.54 bits per heavy atom. The number of pyridine rings is 1. The van der Waals surface area contributed by atoms with Crippen molar-refractivity contribution in [1.29, 1.82) is 0 Å². The van der Waals surface area contributed by atoms with E-state index in [1.165, 1.54) is 12.3 Å². The van der Waals surface area contributed by atoms with E-state index in [0.717, 1.165) is 5.56 Å². The SMILES string of the molecule is Cl.NC1(c2ccc(F)nc2)COC1. The van der Waals surface area contributed by atoms with Crippen LogP contribution in [0, 0.1) is 5.95 Å². The Morgan fingerprint density at radius 2 is 2.15 bits per heavy atom. The molecule has 1 aromatic heterocycles. The van der Waals surface area contributed by atoms with Crippen LogP contribution >= 0.6 is 12.4 Å². The summed E-state index contributed by atoms with van der Waals surface area (Å²) in [7, 11) is 0. The number of ether oxygens (including phenoxy) is 1. The van der Waals surface area contributed by atoms with E-state index >= 15 is 0 Å². The van der Waals surface area contributed by atoms with Crippen molar-refractivity contribution in [3.63, 3.8) is 0 Å². The first-order chi connectivity index (χ1) is 5.71. The number of rotatable bonds is 1. The van der Waals surface area contributed by atoms with Crippen molar-refractivity contribution in [2.24, 2.45) is 5.73 Å². The van der Waals surface area contributed by atoms with Gasteiger partial charge in [0.25, 0.3) is 0 Å². The van der Waals surface area contributed by atoms with Gasteiger partial charge in [-0.2, -0.15) is 4.39 Å². The van der Waals surface area contributed by atoms with Gasteiger partial charge in [0, 0.05) is 6.20 Å². The Morgan fingerprint density at radius 1 is 1.46 bits per heavy atom. The smallest absolute Gasteiger partial charge is 0.212 e. The fourth-order valence-electron chi connectivity index (χ4n) is 1.16. The van der Waals surface area contributed by atoms with Crippen molar-refractivity contribution in [2.75, 3.05) is 13.2 Å². The Bertz CT molecular complexity index is 287. The topological polar surface area (TPSA) is 48.1 Å². The molecule has 1 aromatic rings. The predicted molar refractivity (Wildman–Crippen MR) is 48.1 cm³/mol. The van der Waals surface area contributed by atoms with Crippen LogP contribution in [0.1, 0.15) is 5.56 Å². The van der Waals surface area contributed by atoms with E-state index in [1.54, 1.807) is 6.07 Å². The molecule has 72 valence electrons. The summed E-state index contributed by atoms with van der Waals surface area (Å²) in [5.41, 5.74) is 6.27. The summed E-state index contributed by atoms with van der Waals surface area (Å²) in [6, 6.07) is 2.95. The van der Waals surface area contributed by atoms with Gasteiger partial charge >= 0.3 is 0 Å². The molecule has 2 N–H and O–H groups in total. The Hall–Kier alpha value is -0.710. The summed E-state index contributed by atoms with van der Waals surface area (Å²) in [5, 5.41) is 0. The summed E-state index contributed by atoms with van der Waals surface area (Å²) in [4.78, 5) is 3.53. The molecule has 0 aliphatic carbocycles. The van der Waals surface area contributed by atoms with E-state index in [1.807, 2.05) is 0 Å². The van der Waals surface area contributed by atoms with Gasteiger partial charge < -0.3 is 10.5 Å². The van der Waals surface area contributed by atoms with E-state index in [-0.39, 0.29) is 12.4 Å². The second kappa shape index (κ2) is 3.57. The normalized spacial score (nSPS) is 18.6. The minimum atomic E-state index is -0.484. The van der Waals surface area contributed by atoms with Crippen LogP contribution in [0.15, 0.2) is 18.3 Å². The summed E-state index contributed by atoms with van der Waals surface area (Å²) in [6.45, 7) is 0.973. The Labute approximate surface area is 81.5 Å². The molecular weight excluding hydrogens is 195 g/mol. The van der Waals surface area contributed by atoms with Crippen LogP contribution in [-0.4, -0.2) is 18.2 Å². The molecule has 1 aliphatic rings. The van der Waals surface area contributed by atoms with Crippen LogP contribution in [0.4, 0.5) is 4.39 Å².